The SMILES string of the molecule is CCN(CC)C(=O)COC1CN(Cc2ccccc2)CC(=O)N(Cc2ccc(OC)cc2)C1. The molecule has 0 bridgehead atoms. The Morgan fingerprint density at radius 2 is 1.64 bits per heavy atom. The Balaban J connectivity index is 1.72. The quantitative estimate of drug-likeness (QED) is 0.554. The fraction of sp³-hybridized carbons (Fsp3) is 0.462. The normalized spacial score (nSPS) is 17.0. The molecule has 1 aliphatic heterocycles. The average molecular weight is 454 g/mol. The number of hydrogen-bond donors (Lipinski definition) is 0. The number of ether oxygens (including phenoxy) is 2. The summed E-state index contributed by atoms with van der Waals surface area (Å²) in [5, 5.41) is 0. The molecule has 0 spiro atoms. The monoisotopic (exact) mass is 453 g/mol. The van der Waals surface area contributed by atoms with Gasteiger partial charge in [-0.15, -0.1) is 0 Å². The molecule has 7 heteroatoms. The Morgan fingerprint density at radius 3 is 2.27 bits per heavy atom. The minimum absolute atomic E-state index is 0.0214. The first kappa shape index (κ1) is 24.7. The molecule has 2 aromatic carbocycles. The van der Waals surface area contributed by atoms with Crippen LogP contribution in [0.4, 0.5) is 0 Å². The van der Waals surface area contributed by atoms with Gasteiger partial charge >= 0.3 is 0 Å². The molecule has 0 N–H and O–H groups in total. The first-order chi connectivity index (χ1) is 16.0. The van der Waals surface area contributed by atoms with Crippen molar-refractivity contribution < 1.29 is 19.1 Å². The number of likely N-dealkylation sites (N-methyl/N-ethyl adjacent to an activating group) is 1. The van der Waals surface area contributed by atoms with Crippen molar-refractivity contribution in [2.24, 2.45) is 0 Å². The molecule has 2 amide bonds. The molecule has 178 valence electrons. The van der Waals surface area contributed by atoms with Crippen molar-refractivity contribution in [1.29, 1.82) is 0 Å². The molecule has 2 aromatic rings. The van der Waals surface area contributed by atoms with Gasteiger partial charge in [0.05, 0.1) is 19.8 Å². The van der Waals surface area contributed by atoms with E-state index >= 15 is 0 Å². The maximum absolute atomic E-state index is 13.2. The first-order valence-corrected chi connectivity index (χ1v) is 11.6. The van der Waals surface area contributed by atoms with Crippen LogP contribution < -0.4 is 4.74 Å². The average Bonchev–Trinajstić information content (AvgIpc) is 2.97. The summed E-state index contributed by atoms with van der Waals surface area (Å²) in [5.74, 6) is 0.820. The molecule has 0 aliphatic carbocycles. The Hall–Kier alpha value is -2.90. The number of rotatable bonds is 10. The summed E-state index contributed by atoms with van der Waals surface area (Å²) in [6.45, 7) is 7.77. The zero-order valence-electron chi connectivity index (χ0n) is 19.9. The Kier molecular flexibility index (Phi) is 9.27. The Bertz CT molecular complexity index is 884. The summed E-state index contributed by atoms with van der Waals surface area (Å²) < 4.78 is 11.3. The summed E-state index contributed by atoms with van der Waals surface area (Å²) in [6.07, 6.45) is -0.252. The van der Waals surface area contributed by atoms with E-state index in [1.54, 1.807) is 12.0 Å². The number of benzene rings is 2. The smallest absolute Gasteiger partial charge is 0.248 e. The second-order valence-electron chi connectivity index (χ2n) is 8.28. The highest BCUT2D eigenvalue weighted by molar-refractivity contribution is 5.79. The Labute approximate surface area is 196 Å². The molecule has 1 aliphatic rings. The molecule has 1 unspecified atom stereocenters. The summed E-state index contributed by atoms with van der Waals surface area (Å²) >= 11 is 0. The summed E-state index contributed by atoms with van der Waals surface area (Å²) in [6, 6.07) is 17.8. The van der Waals surface area contributed by atoms with Crippen LogP contribution in [-0.2, 0) is 27.4 Å². The van der Waals surface area contributed by atoms with Crippen LogP contribution in [0, 0.1) is 0 Å². The van der Waals surface area contributed by atoms with E-state index in [9.17, 15) is 9.59 Å². The van der Waals surface area contributed by atoms with Gasteiger partial charge < -0.3 is 19.3 Å². The van der Waals surface area contributed by atoms with Crippen molar-refractivity contribution in [2.75, 3.05) is 46.4 Å². The maximum Gasteiger partial charge on any atom is 0.248 e. The molecule has 3 rings (SSSR count). The Morgan fingerprint density at radius 1 is 0.970 bits per heavy atom. The van der Waals surface area contributed by atoms with Gasteiger partial charge in [-0.05, 0) is 37.1 Å². The summed E-state index contributed by atoms with van der Waals surface area (Å²) in [4.78, 5) is 31.4. The van der Waals surface area contributed by atoms with Crippen molar-refractivity contribution in [3.63, 3.8) is 0 Å². The second kappa shape index (κ2) is 12.4. The zero-order valence-corrected chi connectivity index (χ0v) is 19.9. The van der Waals surface area contributed by atoms with Crippen LogP contribution >= 0.6 is 0 Å². The van der Waals surface area contributed by atoms with E-state index < -0.39 is 0 Å². The van der Waals surface area contributed by atoms with Crippen molar-refractivity contribution >= 4 is 11.8 Å². The third-order valence-corrected chi connectivity index (χ3v) is 5.94. The van der Waals surface area contributed by atoms with E-state index in [0.717, 1.165) is 16.9 Å². The fourth-order valence-corrected chi connectivity index (χ4v) is 4.08. The molecule has 1 saturated heterocycles. The van der Waals surface area contributed by atoms with Gasteiger partial charge in [-0.25, -0.2) is 0 Å². The van der Waals surface area contributed by atoms with Gasteiger partial charge in [0.25, 0.3) is 0 Å². The molecule has 7 nitrogen and oxygen atoms in total. The second-order valence-corrected chi connectivity index (χ2v) is 8.28. The molecule has 0 saturated carbocycles. The van der Waals surface area contributed by atoms with Crippen LogP contribution in [0.2, 0.25) is 0 Å². The van der Waals surface area contributed by atoms with Crippen LogP contribution in [0.25, 0.3) is 0 Å². The predicted octanol–water partition coefficient (Wildman–Crippen LogP) is 2.79. The maximum atomic E-state index is 13.2. The molecule has 1 heterocycles. The molecular formula is C26H35N3O4. The van der Waals surface area contributed by atoms with E-state index in [1.807, 2.05) is 61.2 Å². The number of carbonyl (C=O) groups excluding carboxylic acids is 2. The minimum atomic E-state index is -0.252. The first-order valence-electron chi connectivity index (χ1n) is 11.6. The van der Waals surface area contributed by atoms with E-state index in [-0.39, 0.29) is 24.5 Å². The lowest BCUT2D eigenvalue weighted by atomic mass is 10.2. The summed E-state index contributed by atoms with van der Waals surface area (Å²) in [5.41, 5.74) is 2.17. The molecule has 0 radical (unpaired) electrons. The van der Waals surface area contributed by atoms with Crippen molar-refractivity contribution in [3.05, 3.63) is 65.7 Å². The van der Waals surface area contributed by atoms with E-state index in [2.05, 4.69) is 17.0 Å². The van der Waals surface area contributed by atoms with E-state index in [1.165, 1.54) is 0 Å². The van der Waals surface area contributed by atoms with Gasteiger partial charge in [0, 0.05) is 39.3 Å². The van der Waals surface area contributed by atoms with Gasteiger partial charge in [-0.3, -0.25) is 14.5 Å². The van der Waals surface area contributed by atoms with Crippen molar-refractivity contribution in [3.8, 4) is 5.75 Å². The topological polar surface area (TPSA) is 62.3 Å². The highest BCUT2D eigenvalue weighted by atomic mass is 16.5. The third-order valence-electron chi connectivity index (χ3n) is 5.94. The molecule has 1 atom stereocenters. The number of amides is 2. The van der Waals surface area contributed by atoms with Gasteiger partial charge in [0.2, 0.25) is 11.8 Å². The lowest BCUT2D eigenvalue weighted by Gasteiger charge is -2.26. The highest BCUT2D eigenvalue weighted by Gasteiger charge is 2.29. The third kappa shape index (κ3) is 7.30. The van der Waals surface area contributed by atoms with E-state index in [4.69, 9.17) is 9.47 Å². The minimum Gasteiger partial charge on any atom is -0.497 e. The van der Waals surface area contributed by atoms with Gasteiger partial charge in [0.15, 0.2) is 0 Å². The van der Waals surface area contributed by atoms with Gasteiger partial charge in [-0.2, -0.15) is 0 Å². The van der Waals surface area contributed by atoms with Crippen molar-refractivity contribution in [1.82, 2.24) is 14.7 Å². The molecule has 1 fully saturated rings. The lowest BCUT2D eigenvalue weighted by Crippen LogP contribution is -2.40. The van der Waals surface area contributed by atoms with Gasteiger partial charge in [0.1, 0.15) is 12.4 Å². The lowest BCUT2D eigenvalue weighted by molar-refractivity contribution is -0.138. The number of hydrogen-bond acceptors (Lipinski definition) is 5. The molecule has 33 heavy (non-hydrogen) atoms. The fourth-order valence-electron chi connectivity index (χ4n) is 4.08. The number of methoxy groups -OCH3 is 1. The van der Waals surface area contributed by atoms with E-state index in [0.29, 0.717) is 45.8 Å². The molecular weight excluding hydrogens is 418 g/mol. The largest absolute Gasteiger partial charge is 0.497 e. The van der Waals surface area contributed by atoms with Crippen LogP contribution in [-0.4, -0.2) is 79.1 Å². The highest BCUT2D eigenvalue weighted by Crippen LogP contribution is 2.17. The number of nitrogens with zero attached hydrogens (tertiary/aromatic N) is 3. The standard InChI is InChI=1S/C26H35N3O4/c1-4-28(5-2)26(31)20-33-24-17-27(15-21-9-7-6-8-10-21)19-25(30)29(18-24)16-22-11-13-23(32-3)14-12-22/h6-14,24H,4-5,15-20H2,1-3H3. The van der Waals surface area contributed by atoms with Crippen LogP contribution in [0.15, 0.2) is 54.6 Å². The van der Waals surface area contributed by atoms with Crippen LogP contribution in [0.3, 0.4) is 0 Å². The predicted molar refractivity (Wildman–Crippen MR) is 128 cm³/mol. The number of carbonyl (C=O) groups is 2. The summed E-state index contributed by atoms with van der Waals surface area (Å²) in [7, 11) is 1.64. The van der Waals surface area contributed by atoms with Crippen molar-refractivity contribution in [2.45, 2.75) is 33.0 Å². The zero-order chi connectivity index (χ0) is 23.6. The molecule has 0 aromatic heterocycles. The van der Waals surface area contributed by atoms with Crippen LogP contribution in [0.5, 0.6) is 5.75 Å². The van der Waals surface area contributed by atoms with Crippen LogP contribution in [0.1, 0.15) is 25.0 Å². The van der Waals surface area contributed by atoms with Gasteiger partial charge in [-0.1, -0.05) is 42.5 Å².